The van der Waals surface area contributed by atoms with Gasteiger partial charge in [-0.05, 0) is 17.3 Å². The van der Waals surface area contributed by atoms with Crippen LogP contribution in [0.2, 0.25) is 0 Å². The molecule has 0 bridgehead atoms. The zero-order valence-electron chi connectivity index (χ0n) is 3.92. The summed E-state index contributed by atoms with van der Waals surface area (Å²) in [6.45, 7) is 4.28. The van der Waals surface area contributed by atoms with E-state index in [1.807, 2.05) is 0 Å². The highest BCUT2D eigenvalue weighted by Crippen LogP contribution is 2.06. The van der Waals surface area contributed by atoms with E-state index in [1.165, 1.54) is 6.92 Å². The number of rotatable bonds is 2. The first-order chi connectivity index (χ1) is 3.12. The quantitative estimate of drug-likeness (QED) is 0.488. The maximum Gasteiger partial charge on any atom is 0.229 e. The molecule has 0 aliphatic rings. The number of hydrogen-bond donors (Lipinski definition) is 0. The van der Waals surface area contributed by atoms with Crippen LogP contribution < -0.4 is 0 Å². The third-order valence-electron chi connectivity index (χ3n) is 0.393. The Morgan fingerprint density at radius 2 is 1.71 bits per heavy atom. The molecule has 4 nitrogen and oxygen atoms in total. The number of nitroso groups, excluding NO2 is 2. The fraction of sp³-hybridized carbons (Fsp3) is 0.667. The topological polar surface area (TPSA) is 58.9 Å². The van der Waals surface area contributed by atoms with E-state index < -0.39 is 5.66 Å². The molecule has 0 fully saturated rings. The molecule has 0 spiro atoms. The summed E-state index contributed by atoms with van der Waals surface area (Å²) >= 11 is 0. The monoisotopic (exact) mass is 101 g/mol. The van der Waals surface area contributed by atoms with Gasteiger partial charge in [-0.15, -0.1) is 9.81 Å². The molecule has 39 valence electrons. The van der Waals surface area contributed by atoms with E-state index in [0.29, 0.717) is 0 Å². The highest BCUT2D eigenvalue weighted by Gasteiger charge is 2.16. The molecule has 0 atom stereocenters. The minimum absolute atomic E-state index is 1.23. The van der Waals surface area contributed by atoms with E-state index in [4.69, 9.17) is 0 Å². The van der Waals surface area contributed by atoms with Crippen molar-refractivity contribution in [1.29, 1.82) is 0 Å². The summed E-state index contributed by atoms with van der Waals surface area (Å²) in [6.07, 6.45) is 0. The third kappa shape index (κ3) is 1.97. The van der Waals surface area contributed by atoms with Crippen LogP contribution in [-0.2, 0) is 0 Å². The van der Waals surface area contributed by atoms with Crippen LogP contribution in [-0.4, -0.2) is 5.66 Å². The van der Waals surface area contributed by atoms with Gasteiger partial charge in [0.25, 0.3) is 0 Å². The van der Waals surface area contributed by atoms with Crippen LogP contribution in [0.25, 0.3) is 0 Å². The van der Waals surface area contributed by atoms with Crippen LogP contribution in [0.3, 0.4) is 0 Å². The van der Waals surface area contributed by atoms with E-state index >= 15 is 0 Å². The molecular formula is C3H5N2O2. The maximum atomic E-state index is 9.45. The largest absolute Gasteiger partial charge is 0.229 e. The summed E-state index contributed by atoms with van der Waals surface area (Å²) in [6, 6.07) is 0. The van der Waals surface area contributed by atoms with Crippen LogP contribution in [0.15, 0.2) is 10.4 Å². The second-order valence-corrected chi connectivity index (χ2v) is 1.40. The highest BCUT2D eigenvalue weighted by molar-refractivity contribution is 4.80. The summed E-state index contributed by atoms with van der Waals surface area (Å²) in [5.41, 5.74) is -1.53. The van der Waals surface area contributed by atoms with Crippen molar-refractivity contribution in [3.8, 4) is 0 Å². The lowest BCUT2D eigenvalue weighted by atomic mass is 10.3. The summed E-state index contributed by atoms with van der Waals surface area (Å²) < 4.78 is 0. The Morgan fingerprint density at radius 1 is 1.43 bits per heavy atom. The SMILES string of the molecule is [CH2]C(C)(N=O)N=O. The van der Waals surface area contributed by atoms with E-state index in [0.717, 1.165) is 0 Å². The summed E-state index contributed by atoms with van der Waals surface area (Å²) in [4.78, 5) is 18.9. The fourth-order valence-electron chi connectivity index (χ4n) is 0.0167. The van der Waals surface area contributed by atoms with Crippen molar-refractivity contribution in [2.45, 2.75) is 12.6 Å². The van der Waals surface area contributed by atoms with Crippen LogP contribution >= 0.6 is 0 Å². The summed E-state index contributed by atoms with van der Waals surface area (Å²) in [7, 11) is 0. The molecule has 0 unspecified atom stereocenters. The molecule has 0 aliphatic carbocycles. The van der Waals surface area contributed by atoms with E-state index in [1.54, 1.807) is 0 Å². The zero-order valence-corrected chi connectivity index (χ0v) is 3.92. The Balaban J connectivity index is 3.82. The van der Waals surface area contributed by atoms with E-state index in [2.05, 4.69) is 17.3 Å². The zero-order chi connectivity index (χ0) is 5.91. The minimum atomic E-state index is -1.53. The molecule has 4 heteroatoms. The predicted molar refractivity (Wildman–Crippen MR) is 25.4 cm³/mol. The second-order valence-electron chi connectivity index (χ2n) is 1.40. The molecule has 0 aliphatic heterocycles. The normalized spacial score (nSPS) is 10.6. The smallest absolute Gasteiger partial charge is 0.148 e. The van der Waals surface area contributed by atoms with Crippen molar-refractivity contribution in [3.63, 3.8) is 0 Å². The van der Waals surface area contributed by atoms with Crippen LogP contribution in [0, 0.1) is 16.7 Å². The van der Waals surface area contributed by atoms with Crippen molar-refractivity contribution in [2.75, 3.05) is 0 Å². The maximum absolute atomic E-state index is 9.45. The molecule has 0 rings (SSSR count). The Morgan fingerprint density at radius 3 is 1.71 bits per heavy atom. The number of nitrogens with zero attached hydrogens (tertiary/aromatic N) is 2. The van der Waals surface area contributed by atoms with Gasteiger partial charge in [0.15, 0.2) is 0 Å². The molecule has 0 amide bonds. The highest BCUT2D eigenvalue weighted by atomic mass is 16.3. The standard InChI is InChI=1S/C3H5N2O2/c1-3(2,4-6)5-7/h1H2,2H3. The Kier molecular flexibility index (Phi) is 1.57. The molecule has 0 N–H and O–H groups in total. The van der Waals surface area contributed by atoms with Gasteiger partial charge in [0.05, 0.1) is 0 Å². The van der Waals surface area contributed by atoms with Gasteiger partial charge in [0.1, 0.15) is 0 Å². The van der Waals surface area contributed by atoms with Gasteiger partial charge < -0.3 is 0 Å². The Hall–Kier alpha value is -0.800. The van der Waals surface area contributed by atoms with Crippen LogP contribution in [0.5, 0.6) is 0 Å². The van der Waals surface area contributed by atoms with Gasteiger partial charge in [-0.25, -0.2) is 0 Å². The van der Waals surface area contributed by atoms with Crippen LogP contribution in [0.1, 0.15) is 6.92 Å². The molecule has 0 saturated heterocycles. The first-order valence-corrected chi connectivity index (χ1v) is 1.67. The lowest BCUT2D eigenvalue weighted by Crippen LogP contribution is -2.09. The van der Waals surface area contributed by atoms with Crippen LogP contribution in [0.4, 0.5) is 0 Å². The predicted octanol–water partition coefficient (Wildman–Crippen LogP) is 1.07. The Bertz CT molecular complexity index is 78.9. The van der Waals surface area contributed by atoms with Crippen molar-refractivity contribution in [1.82, 2.24) is 0 Å². The van der Waals surface area contributed by atoms with Crippen molar-refractivity contribution in [3.05, 3.63) is 16.7 Å². The average molecular weight is 101 g/mol. The van der Waals surface area contributed by atoms with Gasteiger partial charge >= 0.3 is 0 Å². The molecule has 1 radical (unpaired) electrons. The lowest BCUT2D eigenvalue weighted by Gasteiger charge is -1.98. The Labute approximate surface area is 40.9 Å². The van der Waals surface area contributed by atoms with Gasteiger partial charge in [-0.3, -0.25) is 0 Å². The summed E-state index contributed by atoms with van der Waals surface area (Å²) in [5.74, 6) is 0. The van der Waals surface area contributed by atoms with Crippen molar-refractivity contribution < 1.29 is 0 Å². The third-order valence-corrected chi connectivity index (χ3v) is 0.393. The molecule has 0 saturated carbocycles. The first-order valence-electron chi connectivity index (χ1n) is 1.67. The first kappa shape index (κ1) is 6.20. The fourth-order valence-corrected chi connectivity index (χ4v) is 0.0167. The van der Waals surface area contributed by atoms with Gasteiger partial charge in [0.2, 0.25) is 5.66 Å². The lowest BCUT2D eigenvalue weighted by molar-refractivity contribution is 0.607. The number of hydrogen-bond acceptors (Lipinski definition) is 4. The van der Waals surface area contributed by atoms with Gasteiger partial charge in [-0.1, -0.05) is 0 Å². The van der Waals surface area contributed by atoms with E-state index in [9.17, 15) is 9.81 Å². The molecule has 0 aromatic rings. The van der Waals surface area contributed by atoms with E-state index in [-0.39, 0.29) is 0 Å². The average Bonchev–Trinajstić information content (AvgIpc) is 1.68. The minimum Gasteiger partial charge on any atom is -0.148 e. The van der Waals surface area contributed by atoms with Crippen molar-refractivity contribution in [2.24, 2.45) is 10.4 Å². The molecular weight excluding hydrogens is 96.0 g/mol. The van der Waals surface area contributed by atoms with Gasteiger partial charge in [-0.2, -0.15) is 0 Å². The van der Waals surface area contributed by atoms with Crippen molar-refractivity contribution >= 4 is 0 Å². The molecule has 0 aromatic heterocycles. The summed E-state index contributed by atoms with van der Waals surface area (Å²) in [5, 5.41) is 4.60. The molecule has 0 aromatic carbocycles. The van der Waals surface area contributed by atoms with Gasteiger partial charge in [0, 0.05) is 6.92 Å². The second kappa shape index (κ2) is 1.77. The molecule has 0 heterocycles. The molecule has 7 heavy (non-hydrogen) atoms.